The highest BCUT2D eigenvalue weighted by molar-refractivity contribution is 7.92. The molecule has 0 radical (unpaired) electrons. The molecule has 0 saturated carbocycles. The monoisotopic (exact) mass is 461 g/mol. The van der Waals surface area contributed by atoms with E-state index in [1.807, 2.05) is 24.3 Å². The molecule has 0 atom stereocenters. The van der Waals surface area contributed by atoms with Crippen LogP contribution in [-0.4, -0.2) is 58.8 Å². The van der Waals surface area contributed by atoms with Crippen LogP contribution in [0.1, 0.15) is 24.5 Å². The first-order chi connectivity index (χ1) is 15.3. The van der Waals surface area contributed by atoms with Crippen molar-refractivity contribution >= 4 is 27.3 Å². The Morgan fingerprint density at radius 2 is 1.78 bits per heavy atom. The van der Waals surface area contributed by atoms with Crippen LogP contribution in [0.2, 0.25) is 0 Å². The van der Waals surface area contributed by atoms with Gasteiger partial charge in [0.25, 0.3) is 0 Å². The van der Waals surface area contributed by atoms with Crippen molar-refractivity contribution in [3.05, 3.63) is 47.5 Å². The number of fused-ring (bicyclic) bond motifs is 1. The number of sulfonamides is 1. The third-order valence-electron chi connectivity index (χ3n) is 5.40. The number of amides is 1. The Balaban J connectivity index is 1.52. The molecule has 2 aromatic rings. The van der Waals surface area contributed by atoms with Crippen molar-refractivity contribution < 1.29 is 22.7 Å². The predicted molar refractivity (Wildman–Crippen MR) is 126 cm³/mol. The molecule has 0 fully saturated rings. The molecule has 0 saturated heterocycles. The number of ether oxygens (including phenoxy) is 2. The summed E-state index contributed by atoms with van der Waals surface area (Å²) in [5, 5.41) is 2.89. The Morgan fingerprint density at radius 3 is 2.44 bits per heavy atom. The lowest BCUT2D eigenvalue weighted by molar-refractivity contribution is -0.116. The van der Waals surface area contributed by atoms with Crippen molar-refractivity contribution in [2.75, 3.05) is 49.6 Å². The van der Waals surface area contributed by atoms with Gasteiger partial charge in [-0.25, -0.2) is 8.42 Å². The molecule has 32 heavy (non-hydrogen) atoms. The number of nitrogens with zero attached hydrogens (tertiary/aromatic N) is 1. The summed E-state index contributed by atoms with van der Waals surface area (Å²) in [5.74, 6) is 1.42. The van der Waals surface area contributed by atoms with Gasteiger partial charge in [-0.3, -0.25) is 14.4 Å². The summed E-state index contributed by atoms with van der Waals surface area (Å²) in [6, 6.07) is 11.2. The number of nitrogens with one attached hydrogen (secondary N) is 2. The van der Waals surface area contributed by atoms with Gasteiger partial charge in [0.15, 0.2) is 0 Å². The van der Waals surface area contributed by atoms with E-state index in [0.29, 0.717) is 36.6 Å². The standard InChI is InChI=1S/C23H31N3O5S/c1-4-26(14-13-17-5-7-18(8-6-17)25-32(3,28)29)15-16-31-20-10-11-21(30-2)23-19(20)9-12-22(27)24-23/h5-8,10-11,25H,4,9,12-16H2,1-3H3,(H,24,27). The second-order valence-electron chi connectivity index (χ2n) is 7.77. The summed E-state index contributed by atoms with van der Waals surface area (Å²) in [6.45, 7) is 5.20. The Kier molecular flexibility index (Phi) is 7.98. The van der Waals surface area contributed by atoms with Crippen LogP contribution in [-0.2, 0) is 27.7 Å². The van der Waals surface area contributed by atoms with Crippen LogP contribution < -0.4 is 19.5 Å². The summed E-state index contributed by atoms with van der Waals surface area (Å²) < 4.78 is 36.5. The minimum Gasteiger partial charge on any atom is -0.495 e. The number of rotatable bonds is 11. The lowest BCUT2D eigenvalue weighted by Gasteiger charge is -2.24. The number of carbonyl (C=O) groups excluding carboxylic acids is 1. The molecular weight excluding hydrogens is 430 g/mol. The molecule has 1 aliphatic rings. The molecule has 0 bridgehead atoms. The van der Waals surface area contributed by atoms with E-state index in [1.54, 1.807) is 19.2 Å². The molecule has 8 nitrogen and oxygen atoms in total. The van der Waals surface area contributed by atoms with Crippen molar-refractivity contribution in [3.63, 3.8) is 0 Å². The molecule has 0 spiro atoms. The van der Waals surface area contributed by atoms with Crippen LogP contribution in [0.25, 0.3) is 0 Å². The Hall–Kier alpha value is -2.78. The van der Waals surface area contributed by atoms with E-state index >= 15 is 0 Å². The zero-order chi connectivity index (χ0) is 23.1. The fourth-order valence-corrected chi connectivity index (χ4v) is 4.26. The highest BCUT2D eigenvalue weighted by Crippen LogP contribution is 2.38. The van der Waals surface area contributed by atoms with Gasteiger partial charge in [-0.05, 0) is 49.2 Å². The van der Waals surface area contributed by atoms with E-state index in [4.69, 9.17) is 9.47 Å². The molecule has 0 aromatic heterocycles. The summed E-state index contributed by atoms with van der Waals surface area (Å²) in [7, 11) is -1.68. The normalized spacial score (nSPS) is 13.4. The van der Waals surface area contributed by atoms with E-state index in [9.17, 15) is 13.2 Å². The second-order valence-corrected chi connectivity index (χ2v) is 9.52. The average Bonchev–Trinajstić information content (AvgIpc) is 2.75. The van der Waals surface area contributed by atoms with Crippen molar-refractivity contribution in [1.29, 1.82) is 0 Å². The van der Waals surface area contributed by atoms with Gasteiger partial charge in [0.2, 0.25) is 15.9 Å². The fourth-order valence-electron chi connectivity index (χ4n) is 3.69. The topological polar surface area (TPSA) is 97.0 Å². The Bertz CT molecular complexity index is 1040. The summed E-state index contributed by atoms with van der Waals surface area (Å²) in [5.41, 5.74) is 3.40. The van der Waals surface area contributed by atoms with Gasteiger partial charge in [-0.1, -0.05) is 19.1 Å². The lowest BCUT2D eigenvalue weighted by Crippen LogP contribution is -2.30. The van der Waals surface area contributed by atoms with Gasteiger partial charge in [-0.2, -0.15) is 0 Å². The van der Waals surface area contributed by atoms with Crippen molar-refractivity contribution in [1.82, 2.24) is 4.90 Å². The number of carbonyl (C=O) groups is 1. The Labute approximate surface area is 190 Å². The van der Waals surface area contributed by atoms with Crippen molar-refractivity contribution in [2.24, 2.45) is 0 Å². The highest BCUT2D eigenvalue weighted by atomic mass is 32.2. The molecule has 2 aromatic carbocycles. The number of methoxy groups -OCH3 is 1. The molecule has 9 heteroatoms. The molecule has 1 heterocycles. The van der Waals surface area contributed by atoms with Gasteiger partial charge in [0, 0.05) is 30.8 Å². The number of likely N-dealkylation sites (N-methyl/N-ethyl adjacent to an activating group) is 1. The van der Waals surface area contributed by atoms with Crippen LogP contribution in [0.15, 0.2) is 36.4 Å². The number of hydrogen-bond acceptors (Lipinski definition) is 6. The maximum Gasteiger partial charge on any atom is 0.229 e. The number of hydrogen-bond donors (Lipinski definition) is 2. The van der Waals surface area contributed by atoms with Crippen LogP contribution >= 0.6 is 0 Å². The van der Waals surface area contributed by atoms with Crippen LogP contribution in [0, 0.1) is 0 Å². The first-order valence-electron chi connectivity index (χ1n) is 10.7. The summed E-state index contributed by atoms with van der Waals surface area (Å²) >= 11 is 0. The van der Waals surface area contributed by atoms with Crippen LogP contribution in [0.3, 0.4) is 0 Å². The third kappa shape index (κ3) is 6.61. The van der Waals surface area contributed by atoms with Gasteiger partial charge >= 0.3 is 0 Å². The zero-order valence-electron chi connectivity index (χ0n) is 18.8. The molecular formula is C23H31N3O5S. The molecule has 174 valence electrons. The molecule has 0 unspecified atom stereocenters. The predicted octanol–water partition coefficient (Wildman–Crippen LogP) is 2.89. The molecule has 1 aliphatic heterocycles. The van der Waals surface area contributed by atoms with Crippen LogP contribution in [0.5, 0.6) is 11.5 Å². The van der Waals surface area contributed by atoms with E-state index in [-0.39, 0.29) is 5.91 Å². The Morgan fingerprint density at radius 1 is 1.06 bits per heavy atom. The average molecular weight is 462 g/mol. The van der Waals surface area contributed by atoms with E-state index in [1.165, 1.54) is 0 Å². The minimum atomic E-state index is -3.27. The fraction of sp³-hybridized carbons (Fsp3) is 0.435. The van der Waals surface area contributed by atoms with Crippen molar-refractivity contribution in [2.45, 2.75) is 26.2 Å². The molecule has 0 aliphatic carbocycles. The van der Waals surface area contributed by atoms with Gasteiger partial charge in [0.05, 0.1) is 19.1 Å². The largest absolute Gasteiger partial charge is 0.495 e. The SMILES string of the molecule is CCN(CCOc1ccc(OC)c2c1CCC(=O)N2)CCc1ccc(NS(C)(=O)=O)cc1. The molecule has 3 rings (SSSR count). The summed E-state index contributed by atoms with van der Waals surface area (Å²) in [6.07, 6.45) is 3.07. The minimum absolute atomic E-state index is 0.00904. The van der Waals surface area contributed by atoms with E-state index < -0.39 is 10.0 Å². The maximum atomic E-state index is 11.8. The smallest absolute Gasteiger partial charge is 0.229 e. The van der Waals surface area contributed by atoms with E-state index in [2.05, 4.69) is 21.9 Å². The molecule has 1 amide bonds. The highest BCUT2D eigenvalue weighted by Gasteiger charge is 2.22. The summed E-state index contributed by atoms with van der Waals surface area (Å²) in [4.78, 5) is 14.1. The zero-order valence-corrected chi connectivity index (χ0v) is 19.6. The second kappa shape index (κ2) is 10.7. The van der Waals surface area contributed by atoms with Gasteiger partial charge in [0.1, 0.15) is 18.1 Å². The molecule has 2 N–H and O–H groups in total. The van der Waals surface area contributed by atoms with E-state index in [0.717, 1.165) is 49.2 Å². The number of benzene rings is 2. The first-order valence-corrected chi connectivity index (χ1v) is 12.6. The van der Waals surface area contributed by atoms with Gasteiger partial charge < -0.3 is 14.8 Å². The quantitative estimate of drug-likeness (QED) is 0.534. The van der Waals surface area contributed by atoms with Crippen LogP contribution in [0.4, 0.5) is 11.4 Å². The van der Waals surface area contributed by atoms with Crippen molar-refractivity contribution in [3.8, 4) is 11.5 Å². The van der Waals surface area contributed by atoms with Gasteiger partial charge in [-0.15, -0.1) is 0 Å². The number of anilines is 2. The maximum absolute atomic E-state index is 11.8. The first kappa shape index (κ1) is 23.9. The third-order valence-corrected chi connectivity index (χ3v) is 6.01. The lowest BCUT2D eigenvalue weighted by atomic mass is 10.0.